The van der Waals surface area contributed by atoms with Gasteiger partial charge in [-0.1, -0.05) is 0 Å². The summed E-state index contributed by atoms with van der Waals surface area (Å²) in [6.07, 6.45) is -0.972. The molecule has 1 fully saturated rings. The molecule has 1 aliphatic rings. The van der Waals surface area contributed by atoms with E-state index in [1.54, 1.807) is 6.92 Å². The van der Waals surface area contributed by atoms with Crippen LogP contribution in [0.1, 0.15) is 27.2 Å². The quantitative estimate of drug-likeness (QED) is 0.703. The molecule has 1 rings (SSSR count). The summed E-state index contributed by atoms with van der Waals surface area (Å²) < 4.78 is 41.5. The molecule has 1 atom stereocenters. The van der Waals surface area contributed by atoms with Crippen LogP contribution in [0.15, 0.2) is 0 Å². The van der Waals surface area contributed by atoms with Crippen molar-refractivity contribution in [3.8, 4) is 0 Å². The van der Waals surface area contributed by atoms with E-state index in [4.69, 9.17) is 4.74 Å². The third kappa shape index (κ3) is 2.60. The van der Waals surface area contributed by atoms with Gasteiger partial charge in [0.15, 0.2) is 4.75 Å². The molecule has 0 aromatic heterocycles. The van der Waals surface area contributed by atoms with E-state index in [0.29, 0.717) is 0 Å². The SMILES string of the molecule is CCOC(=O)C(C)(C)S(=O)(=O)N1CC[C@@H](F)C1. The molecule has 1 aliphatic heterocycles. The largest absolute Gasteiger partial charge is 0.465 e. The van der Waals surface area contributed by atoms with Gasteiger partial charge in [-0.3, -0.25) is 4.79 Å². The molecule has 5 nitrogen and oxygen atoms in total. The van der Waals surface area contributed by atoms with Crippen LogP contribution in [-0.4, -0.2) is 49.3 Å². The van der Waals surface area contributed by atoms with Gasteiger partial charge in [0.1, 0.15) is 6.17 Å². The molecule has 0 unspecified atom stereocenters. The van der Waals surface area contributed by atoms with E-state index in [0.717, 1.165) is 4.31 Å². The van der Waals surface area contributed by atoms with Gasteiger partial charge in [0, 0.05) is 13.1 Å². The predicted octanol–water partition coefficient (Wildman–Crippen LogP) is 0.702. The average molecular weight is 267 g/mol. The average Bonchev–Trinajstić information content (AvgIpc) is 2.65. The number of hydrogen-bond donors (Lipinski definition) is 0. The zero-order valence-electron chi connectivity index (χ0n) is 10.3. The highest BCUT2D eigenvalue weighted by Crippen LogP contribution is 2.27. The summed E-state index contributed by atoms with van der Waals surface area (Å²) in [5.41, 5.74) is 0. The Kier molecular flexibility index (Phi) is 4.14. The van der Waals surface area contributed by atoms with Crippen molar-refractivity contribution in [3.05, 3.63) is 0 Å². The molecule has 0 spiro atoms. The van der Waals surface area contributed by atoms with E-state index >= 15 is 0 Å². The second-order valence-corrected chi connectivity index (χ2v) is 6.97. The van der Waals surface area contributed by atoms with Crippen molar-refractivity contribution in [2.75, 3.05) is 19.7 Å². The lowest BCUT2D eigenvalue weighted by Crippen LogP contribution is -2.49. The first-order valence-electron chi connectivity index (χ1n) is 5.54. The number of halogens is 1. The third-order valence-electron chi connectivity index (χ3n) is 2.85. The predicted molar refractivity (Wildman–Crippen MR) is 60.7 cm³/mol. The van der Waals surface area contributed by atoms with Crippen molar-refractivity contribution >= 4 is 16.0 Å². The molecular weight excluding hydrogens is 249 g/mol. The highest BCUT2D eigenvalue weighted by atomic mass is 32.2. The molecule has 0 aromatic carbocycles. The molecule has 0 N–H and O–H groups in total. The van der Waals surface area contributed by atoms with Gasteiger partial charge in [0.25, 0.3) is 0 Å². The smallest absolute Gasteiger partial charge is 0.328 e. The minimum atomic E-state index is -3.87. The molecule has 0 aliphatic carbocycles. The lowest BCUT2D eigenvalue weighted by atomic mass is 10.2. The molecule has 0 aromatic rings. The first-order valence-corrected chi connectivity index (χ1v) is 6.98. The summed E-state index contributed by atoms with van der Waals surface area (Å²) in [5.74, 6) is -0.803. The van der Waals surface area contributed by atoms with E-state index in [9.17, 15) is 17.6 Å². The van der Waals surface area contributed by atoms with E-state index < -0.39 is 26.9 Å². The highest BCUT2D eigenvalue weighted by molar-refractivity contribution is 7.91. The van der Waals surface area contributed by atoms with Gasteiger partial charge < -0.3 is 4.74 Å². The molecule has 17 heavy (non-hydrogen) atoms. The number of carbonyl (C=O) groups excluding carboxylic acids is 1. The zero-order chi connectivity index (χ0) is 13.3. The lowest BCUT2D eigenvalue weighted by Gasteiger charge is -2.27. The number of rotatable bonds is 4. The van der Waals surface area contributed by atoms with Gasteiger partial charge in [-0.25, -0.2) is 12.8 Å². The Morgan fingerprint density at radius 2 is 2.12 bits per heavy atom. The topological polar surface area (TPSA) is 63.7 Å². The fourth-order valence-electron chi connectivity index (χ4n) is 1.64. The van der Waals surface area contributed by atoms with Crippen LogP contribution in [0, 0.1) is 0 Å². The number of sulfonamides is 1. The van der Waals surface area contributed by atoms with E-state index in [1.807, 2.05) is 0 Å². The van der Waals surface area contributed by atoms with Crippen LogP contribution < -0.4 is 0 Å². The van der Waals surface area contributed by atoms with E-state index in [2.05, 4.69) is 0 Å². The maximum absolute atomic E-state index is 13.0. The zero-order valence-corrected chi connectivity index (χ0v) is 11.1. The molecular formula is C10H18FNO4S. The van der Waals surface area contributed by atoms with Crippen LogP contribution in [-0.2, 0) is 19.6 Å². The first-order chi connectivity index (χ1) is 7.73. The van der Waals surface area contributed by atoms with Crippen molar-refractivity contribution < 1.29 is 22.3 Å². The number of alkyl halides is 1. The van der Waals surface area contributed by atoms with Crippen LogP contribution in [0.5, 0.6) is 0 Å². The number of ether oxygens (including phenoxy) is 1. The van der Waals surface area contributed by atoms with Crippen LogP contribution in [0.25, 0.3) is 0 Å². The molecule has 1 heterocycles. The van der Waals surface area contributed by atoms with Crippen LogP contribution >= 0.6 is 0 Å². The van der Waals surface area contributed by atoms with Crippen LogP contribution in [0.3, 0.4) is 0 Å². The van der Waals surface area contributed by atoms with Gasteiger partial charge in [0.05, 0.1) is 6.61 Å². The molecule has 0 radical (unpaired) electrons. The third-order valence-corrected chi connectivity index (χ3v) is 5.31. The normalized spacial score (nSPS) is 22.7. The molecule has 1 saturated heterocycles. The van der Waals surface area contributed by atoms with Crippen molar-refractivity contribution in [2.24, 2.45) is 0 Å². The Morgan fingerprint density at radius 3 is 2.53 bits per heavy atom. The van der Waals surface area contributed by atoms with Gasteiger partial charge in [0.2, 0.25) is 10.0 Å². The highest BCUT2D eigenvalue weighted by Gasteiger charge is 2.48. The maximum atomic E-state index is 13.0. The summed E-state index contributed by atoms with van der Waals surface area (Å²) in [6.45, 7) is 4.23. The second-order valence-electron chi connectivity index (χ2n) is 4.48. The monoisotopic (exact) mass is 267 g/mol. The molecule has 7 heteroatoms. The fourth-order valence-corrected chi connectivity index (χ4v) is 3.26. The fraction of sp³-hybridized carbons (Fsp3) is 0.900. The summed E-state index contributed by atoms with van der Waals surface area (Å²) >= 11 is 0. The van der Waals surface area contributed by atoms with Crippen molar-refractivity contribution in [1.82, 2.24) is 4.31 Å². The molecule has 100 valence electrons. The van der Waals surface area contributed by atoms with Crippen molar-refractivity contribution in [2.45, 2.75) is 38.1 Å². The maximum Gasteiger partial charge on any atom is 0.328 e. The summed E-state index contributed by atoms with van der Waals surface area (Å²) in [6, 6.07) is 0. The lowest BCUT2D eigenvalue weighted by molar-refractivity contribution is -0.145. The summed E-state index contributed by atoms with van der Waals surface area (Å²) in [4.78, 5) is 11.6. The van der Waals surface area contributed by atoms with Crippen LogP contribution in [0.4, 0.5) is 4.39 Å². The van der Waals surface area contributed by atoms with Crippen molar-refractivity contribution in [3.63, 3.8) is 0 Å². The minimum absolute atomic E-state index is 0.115. The van der Waals surface area contributed by atoms with Gasteiger partial charge in [-0.2, -0.15) is 4.31 Å². The van der Waals surface area contributed by atoms with Gasteiger partial charge in [-0.05, 0) is 27.2 Å². The number of hydrogen-bond acceptors (Lipinski definition) is 4. The molecule has 0 saturated carbocycles. The standard InChI is InChI=1S/C10H18FNO4S/c1-4-16-9(13)10(2,3)17(14,15)12-6-5-8(11)7-12/h8H,4-7H2,1-3H3/t8-/m1/s1. The van der Waals surface area contributed by atoms with Crippen molar-refractivity contribution in [1.29, 1.82) is 0 Å². The Hall–Kier alpha value is -0.690. The Labute approximate surface area is 101 Å². The second kappa shape index (κ2) is 4.89. The Bertz CT molecular complexity index is 393. The number of nitrogens with zero attached hydrogens (tertiary/aromatic N) is 1. The van der Waals surface area contributed by atoms with E-state index in [1.165, 1.54) is 13.8 Å². The molecule has 0 bridgehead atoms. The Balaban J connectivity index is 2.92. The summed E-state index contributed by atoms with van der Waals surface area (Å²) in [5, 5.41) is 0. The first kappa shape index (κ1) is 14.4. The van der Waals surface area contributed by atoms with Gasteiger partial charge in [-0.15, -0.1) is 0 Å². The minimum Gasteiger partial charge on any atom is -0.465 e. The molecule has 0 amide bonds. The summed E-state index contributed by atoms with van der Waals surface area (Å²) in [7, 11) is -3.87. The van der Waals surface area contributed by atoms with Crippen LogP contribution in [0.2, 0.25) is 0 Å². The number of esters is 1. The Morgan fingerprint density at radius 1 is 1.53 bits per heavy atom. The van der Waals surface area contributed by atoms with Gasteiger partial charge >= 0.3 is 5.97 Å². The number of carbonyl (C=O) groups is 1. The van der Waals surface area contributed by atoms with E-state index in [-0.39, 0.29) is 26.1 Å².